The van der Waals surface area contributed by atoms with Crippen LogP contribution in [0.3, 0.4) is 0 Å². The Hall–Kier alpha value is 0.210. The highest BCUT2D eigenvalue weighted by Gasteiger charge is 2.12. The maximum atomic E-state index is 8.96. The monoisotopic (exact) mass is 166 g/mol. The predicted molar refractivity (Wildman–Crippen MR) is 42.4 cm³/mol. The van der Waals surface area contributed by atoms with Crippen molar-refractivity contribution in [2.75, 3.05) is 12.5 Å². The van der Waals surface area contributed by atoms with Gasteiger partial charge in [0.25, 0.3) is 0 Å². The van der Waals surface area contributed by atoms with Gasteiger partial charge in [-0.2, -0.15) is 0 Å². The van der Waals surface area contributed by atoms with Gasteiger partial charge in [0.2, 0.25) is 0 Å². The third-order valence-electron chi connectivity index (χ3n) is 0.887. The average molecular weight is 167 g/mol. The van der Waals surface area contributed by atoms with Gasteiger partial charge in [-0.15, -0.1) is 11.6 Å². The molecule has 0 saturated heterocycles. The summed E-state index contributed by atoms with van der Waals surface area (Å²) >= 11 is 5.35. The Kier molecular flexibility index (Phi) is 4.25. The Labute approximate surface area is 67.1 Å². The predicted octanol–water partition coefficient (Wildman–Crippen LogP) is 1.40. The second-order valence-corrected chi connectivity index (χ2v) is 3.54. The van der Waals surface area contributed by atoms with Crippen molar-refractivity contribution in [3.63, 3.8) is 0 Å². The largest absolute Gasteiger partial charge is 0.389 e. The minimum atomic E-state index is -0.541. The maximum absolute atomic E-state index is 8.96. The zero-order chi connectivity index (χ0) is 8.20. The molecule has 0 aliphatic rings. The fourth-order valence-corrected chi connectivity index (χ4v) is 0.480. The van der Waals surface area contributed by atoms with Crippen molar-refractivity contribution in [2.45, 2.75) is 32.5 Å². The molecular weight excluding hydrogens is 152 g/mol. The number of aliphatic hydroxyl groups is 1. The minimum Gasteiger partial charge on any atom is -0.389 e. The standard InChI is InChI=1S/C7H15ClO2/c1-7(2,3)10-5-6(9)4-8/h6,9H,4-5H2,1-3H3. The molecule has 0 radical (unpaired) electrons. The molecule has 0 spiro atoms. The molecule has 0 aromatic carbocycles. The van der Waals surface area contributed by atoms with Gasteiger partial charge in [0.15, 0.2) is 0 Å². The van der Waals surface area contributed by atoms with Crippen LogP contribution in [0.5, 0.6) is 0 Å². The Balaban J connectivity index is 3.36. The van der Waals surface area contributed by atoms with Crippen LogP contribution >= 0.6 is 11.6 Å². The zero-order valence-corrected chi connectivity index (χ0v) is 7.48. The van der Waals surface area contributed by atoms with Gasteiger partial charge in [0, 0.05) is 0 Å². The molecule has 1 N–H and O–H groups in total. The lowest BCUT2D eigenvalue weighted by molar-refractivity contribution is -0.0427. The normalized spacial score (nSPS) is 15.3. The molecule has 0 amide bonds. The first-order valence-electron chi connectivity index (χ1n) is 3.33. The molecular formula is C7H15ClO2. The van der Waals surface area contributed by atoms with Crippen molar-refractivity contribution in [1.29, 1.82) is 0 Å². The maximum Gasteiger partial charge on any atom is 0.0908 e. The van der Waals surface area contributed by atoms with E-state index in [1.807, 2.05) is 20.8 Å². The van der Waals surface area contributed by atoms with E-state index in [0.29, 0.717) is 6.61 Å². The van der Waals surface area contributed by atoms with E-state index in [4.69, 9.17) is 21.4 Å². The molecule has 2 nitrogen and oxygen atoms in total. The Morgan fingerprint density at radius 2 is 2.00 bits per heavy atom. The molecule has 0 aromatic heterocycles. The van der Waals surface area contributed by atoms with Crippen molar-refractivity contribution in [2.24, 2.45) is 0 Å². The summed E-state index contributed by atoms with van der Waals surface area (Å²) in [5.41, 5.74) is -0.187. The van der Waals surface area contributed by atoms with Gasteiger partial charge in [-0.05, 0) is 20.8 Å². The van der Waals surface area contributed by atoms with Gasteiger partial charge in [-0.25, -0.2) is 0 Å². The summed E-state index contributed by atoms with van der Waals surface area (Å²) < 4.78 is 5.25. The van der Waals surface area contributed by atoms with Crippen molar-refractivity contribution < 1.29 is 9.84 Å². The molecule has 1 unspecified atom stereocenters. The highest BCUT2D eigenvalue weighted by Crippen LogP contribution is 2.07. The third-order valence-corrected chi connectivity index (χ3v) is 1.24. The van der Waals surface area contributed by atoms with Gasteiger partial charge >= 0.3 is 0 Å². The van der Waals surface area contributed by atoms with Crippen molar-refractivity contribution in [3.05, 3.63) is 0 Å². The molecule has 1 atom stereocenters. The molecule has 0 aliphatic carbocycles. The number of aliphatic hydroxyl groups excluding tert-OH is 1. The number of halogens is 1. The Morgan fingerprint density at radius 3 is 2.30 bits per heavy atom. The van der Waals surface area contributed by atoms with Crippen LogP contribution in [0, 0.1) is 0 Å². The minimum absolute atomic E-state index is 0.187. The van der Waals surface area contributed by atoms with Crippen molar-refractivity contribution in [1.82, 2.24) is 0 Å². The van der Waals surface area contributed by atoms with Crippen molar-refractivity contribution >= 4 is 11.6 Å². The molecule has 62 valence electrons. The topological polar surface area (TPSA) is 29.5 Å². The Morgan fingerprint density at radius 1 is 1.50 bits per heavy atom. The SMILES string of the molecule is CC(C)(C)OCC(O)CCl. The van der Waals surface area contributed by atoms with E-state index >= 15 is 0 Å². The zero-order valence-electron chi connectivity index (χ0n) is 6.72. The van der Waals surface area contributed by atoms with E-state index in [1.54, 1.807) is 0 Å². The van der Waals surface area contributed by atoms with Crippen LogP contribution in [-0.2, 0) is 4.74 Å². The van der Waals surface area contributed by atoms with E-state index in [-0.39, 0.29) is 11.5 Å². The first kappa shape index (κ1) is 10.2. The summed E-state index contributed by atoms with van der Waals surface area (Å²) in [7, 11) is 0. The fourth-order valence-electron chi connectivity index (χ4n) is 0.391. The molecule has 0 aromatic rings. The lowest BCUT2D eigenvalue weighted by Gasteiger charge is -2.20. The van der Waals surface area contributed by atoms with E-state index in [1.165, 1.54) is 0 Å². The highest BCUT2D eigenvalue weighted by atomic mass is 35.5. The fraction of sp³-hybridized carbons (Fsp3) is 1.00. The van der Waals surface area contributed by atoms with Crippen LogP contribution in [0.25, 0.3) is 0 Å². The van der Waals surface area contributed by atoms with Gasteiger partial charge in [-0.3, -0.25) is 0 Å². The van der Waals surface area contributed by atoms with Crippen LogP contribution in [0.1, 0.15) is 20.8 Å². The molecule has 0 fully saturated rings. The van der Waals surface area contributed by atoms with Crippen LogP contribution in [0.15, 0.2) is 0 Å². The first-order chi connectivity index (χ1) is 4.45. The van der Waals surface area contributed by atoms with Crippen LogP contribution in [0.2, 0.25) is 0 Å². The summed E-state index contributed by atoms with van der Waals surface area (Å²) in [4.78, 5) is 0. The van der Waals surface area contributed by atoms with Gasteiger partial charge < -0.3 is 9.84 Å². The smallest absolute Gasteiger partial charge is 0.0908 e. The van der Waals surface area contributed by atoms with Crippen LogP contribution in [-0.4, -0.2) is 29.3 Å². The number of ether oxygens (including phenoxy) is 1. The van der Waals surface area contributed by atoms with Gasteiger partial charge in [-0.1, -0.05) is 0 Å². The number of hydrogen-bond donors (Lipinski definition) is 1. The second kappa shape index (κ2) is 4.16. The number of hydrogen-bond acceptors (Lipinski definition) is 2. The second-order valence-electron chi connectivity index (χ2n) is 3.23. The summed E-state index contributed by atoms with van der Waals surface area (Å²) in [5, 5.41) is 8.96. The molecule has 0 bridgehead atoms. The molecule has 0 aliphatic heterocycles. The quantitative estimate of drug-likeness (QED) is 0.643. The van der Waals surface area contributed by atoms with E-state index < -0.39 is 6.10 Å². The molecule has 0 rings (SSSR count). The number of alkyl halides is 1. The van der Waals surface area contributed by atoms with Crippen LogP contribution in [0.4, 0.5) is 0 Å². The lowest BCUT2D eigenvalue weighted by Crippen LogP contribution is -2.26. The lowest BCUT2D eigenvalue weighted by atomic mass is 10.2. The highest BCUT2D eigenvalue weighted by molar-refractivity contribution is 6.18. The van der Waals surface area contributed by atoms with E-state index in [9.17, 15) is 0 Å². The summed E-state index contributed by atoms with van der Waals surface area (Å²) in [5.74, 6) is 0.232. The van der Waals surface area contributed by atoms with Crippen LogP contribution < -0.4 is 0 Å². The Bertz CT molecular complexity index is 88.1. The van der Waals surface area contributed by atoms with E-state index in [0.717, 1.165) is 0 Å². The molecule has 0 saturated carbocycles. The molecule has 0 heterocycles. The van der Waals surface area contributed by atoms with Gasteiger partial charge in [0.05, 0.1) is 24.2 Å². The third kappa shape index (κ3) is 6.33. The van der Waals surface area contributed by atoms with E-state index in [2.05, 4.69) is 0 Å². The van der Waals surface area contributed by atoms with Gasteiger partial charge in [0.1, 0.15) is 0 Å². The summed E-state index contributed by atoms with van der Waals surface area (Å²) in [6, 6.07) is 0. The average Bonchev–Trinajstić information content (AvgIpc) is 1.81. The first-order valence-corrected chi connectivity index (χ1v) is 3.87. The molecule has 10 heavy (non-hydrogen) atoms. The summed E-state index contributed by atoms with van der Waals surface area (Å²) in [6.45, 7) is 6.13. The summed E-state index contributed by atoms with van der Waals surface area (Å²) in [6.07, 6.45) is -0.541. The molecule has 3 heteroatoms. The van der Waals surface area contributed by atoms with Crippen molar-refractivity contribution in [3.8, 4) is 0 Å². The number of rotatable bonds is 3.